The van der Waals surface area contributed by atoms with Crippen molar-refractivity contribution in [2.24, 2.45) is 0 Å². The van der Waals surface area contributed by atoms with Gasteiger partial charge in [0.15, 0.2) is 0 Å². The zero-order valence-electron chi connectivity index (χ0n) is 13.9. The number of rotatable bonds is 3. The monoisotopic (exact) mass is 320 g/mol. The second-order valence-corrected chi connectivity index (χ2v) is 5.78. The van der Waals surface area contributed by atoms with E-state index in [2.05, 4.69) is 12.1 Å². The largest absolute Gasteiger partial charge is 0.192 e. The number of benzene rings is 3. The van der Waals surface area contributed by atoms with Gasteiger partial charge in [-0.3, -0.25) is 0 Å². The molecule has 0 aliphatic heterocycles. The van der Waals surface area contributed by atoms with Crippen LogP contribution in [0.3, 0.4) is 0 Å². The average molecular weight is 320 g/mol. The summed E-state index contributed by atoms with van der Waals surface area (Å²) in [6, 6.07) is 30.0. The van der Waals surface area contributed by atoms with Crippen LogP contribution in [-0.2, 0) is 0 Å². The first kappa shape index (κ1) is 16.2. The van der Waals surface area contributed by atoms with E-state index >= 15 is 0 Å². The van der Waals surface area contributed by atoms with E-state index in [4.69, 9.17) is 0 Å². The first-order chi connectivity index (χ1) is 12.2. The van der Waals surface area contributed by atoms with Gasteiger partial charge >= 0.3 is 0 Å². The Balaban J connectivity index is 2.09. The maximum Gasteiger partial charge on any atom is 0.138 e. The van der Waals surface area contributed by atoms with Gasteiger partial charge in [0, 0.05) is 5.57 Å². The molecule has 0 aliphatic carbocycles. The van der Waals surface area contributed by atoms with Gasteiger partial charge in [0.05, 0.1) is 0 Å². The van der Waals surface area contributed by atoms with Gasteiger partial charge in [-0.25, -0.2) is 0 Å². The maximum absolute atomic E-state index is 9.38. The molecule has 3 aromatic carbocycles. The Hall–Kier alpha value is -3.62. The predicted octanol–water partition coefficient (Wildman–Crippen LogP) is 5.51. The lowest BCUT2D eigenvalue weighted by Gasteiger charge is -2.10. The standard InChI is InChI=1S/C23H16N2/c1-17-7-9-20(10-8-17)23(22(15-24)16-25)21-13-11-19(12-14-21)18-5-3-2-4-6-18/h2-14H,1H3. The highest BCUT2D eigenvalue weighted by atomic mass is 14.3. The minimum absolute atomic E-state index is 0.122. The molecule has 25 heavy (non-hydrogen) atoms. The molecule has 0 aliphatic rings. The number of allylic oxidation sites excluding steroid dienone is 1. The van der Waals surface area contributed by atoms with Crippen molar-refractivity contribution in [1.29, 1.82) is 10.5 Å². The SMILES string of the molecule is Cc1ccc(C(=C(C#N)C#N)c2ccc(-c3ccccc3)cc2)cc1. The van der Waals surface area contributed by atoms with Crippen LogP contribution in [0.2, 0.25) is 0 Å². The molecule has 0 bridgehead atoms. The number of hydrogen-bond donors (Lipinski definition) is 0. The van der Waals surface area contributed by atoms with Gasteiger partial charge in [-0.15, -0.1) is 0 Å². The summed E-state index contributed by atoms with van der Waals surface area (Å²) in [6.07, 6.45) is 0. The summed E-state index contributed by atoms with van der Waals surface area (Å²) in [5.41, 5.74) is 5.90. The van der Waals surface area contributed by atoms with E-state index in [1.54, 1.807) is 0 Å². The lowest BCUT2D eigenvalue weighted by Crippen LogP contribution is -1.93. The van der Waals surface area contributed by atoms with Crippen molar-refractivity contribution in [3.05, 3.63) is 101 Å². The second-order valence-electron chi connectivity index (χ2n) is 5.78. The topological polar surface area (TPSA) is 47.6 Å². The Morgan fingerprint density at radius 1 is 0.640 bits per heavy atom. The van der Waals surface area contributed by atoms with E-state index in [0.717, 1.165) is 27.8 Å². The third kappa shape index (κ3) is 3.50. The molecule has 3 rings (SSSR count). The molecule has 118 valence electrons. The van der Waals surface area contributed by atoms with Crippen LogP contribution in [0.4, 0.5) is 0 Å². The fraction of sp³-hybridized carbons (Fsp3) is 0.0435. The van der Waals surface area contributed by atoms with Crippen LogP contribution < -0.4 is 0 Å². The van der Waals surface area contributed by atoms with Gasteiger partial charge in [0.25, 0.3) is 0 Å². The van der Waals surface area contributed by atoms with E-state index in [1.807, 2.05) is 85.8 Å². The van der Waals surface area contributed by atoms with Crippen molar-refractivity contribution >= 4 is 5.57 Å². The first-order valence-electron chi connectivity index (χ1n) is 8.00. The highest BCUT2D eigenvalue weighted by Gasteiger charge is 2.12. The van der Waals surface area contributed by atoms with E-state index in [9.17, 15) is 10.5 Å². The van der Waals surface area contributed by atoms with Crippen molar-refractivity contribution in [2.45, 2.75) is 6.92 Å². The van der Waals surface area contributed by atoms with E-state index in [1.165, 1.54) is 0 Å². The van der Waals surface area contributed by atoms with E-state index in [-0.39, 0.29) is 5.57 Å². The maximum atomic E-state index is 9.38. The fourth-order valence-electron chi connectivity index (χ4n) is 2.77. The van der Waals surface area contributed by atoms with Crippen molar-refractivity contribution in [1.82, 2.24) is 0 Å². The molecule has 3 aromatic rings. The smallest absolute Gasteiger partial charge is 0.138 e. The minimum Gasteiger partial charge on any atom is -0.192 e. The highest BCUT2D eigenvalue weighted by molar-refractivity contribution is 5.87. The molecule has 0 saturated carbocycles. The summed E-state index contributed by atoms with van der Waals surface area (Å²) in [5, 5.41) is 18.8. The van der Waals surface area contributed by atoms with Crippen molar-refractivity contribution < 1.29 is 0 Å². The molecule has 0 aromatic heterocycles. The normalized spacial score (nSPS) is 9.72. The van der Waals surface area contributed by atoms with Gasteiger partial charge in [-0.2, -0.15) is 10.5 Å². The van der Waals surface area contributed by atoms with Gasteiger partial charge in [0.1, 0.15) is 17.7 Å². The van der Waals surface area contributed by atoms with Crippen LogP contribution >= 0.6 is 0 Å². The van der Waals surface area contributed by atoms with Crippen LogP contribution in [0.1, 0.15) is 16.7 Å². The third-order valence-corrected chi connectivity index (χ3v) is 4.09. The lowest BCUT2D eigenvalue weighted by atomic mass is 9.92. The summed E-state index contributed by atoms with van der Waals surface area (Å²) in [4.78, 5) is 0. The zero-order valence-corrected chi connectivity index (χ0v) is 13.9. The predicted molar refractivity (Wildman–Crippen MR) is 100 cm³/mol. The molecule has 0 N–H and O–H groups in total. The summed E-state index contributed by atoms with van der Waals surface area (Å²) in [7, 11) is 0. The Morgan fingerprint density at radius 2 is 1.12 bits per heavy atom. The molecular weight excluding hydrogens is 304 g/mol. The third-order valence-electron chi connectivity index (χ3n) is 4.09. The average Bonchev–Trinajstić information content (AvgIpc) is 2.68. The lowest BCUT2D eigenvalue weighted by molar-refractivity contribution is 1.42. The summed E-state index contributed by atoms with van der Waals surface area (Å²) >= 11 is 0. The van der Waals surface area contributed by atoms with Gasteiger partial charge in [0.2, 0.25) is 0 Å². The van der Waals surface area contributed by atoms with Gasteiger partial charge < -0.3 is 0 Å². The molecule has 0 radical (unpaired) electrons. The van der Waals surface area contributed by atoms with Gasteiger partial charge in [-0.1, -0.05) is 84.4 Å². The van der Waals surface area contributed by atoms with Crippen molar-refractivity contribution in [3.8, 4) is 23.3 Å². The summed E-state index contributed by atoms with van der Waals surface area (Å²) in [5.74, 6) is 0. The molecular formula is C23H16N2. The Morgan fingerprint density at radius 3 is 1.64 bits per heavy atom. The quantitative estimate of drug-likeness (QED) is 0.597. The Kier molecular flexibility index (Phi) is 4.74. The number of hydrogen-bond acceptors (Lipinski definition) is 2. The summed E-state index contributed by atoms with van der Waals surface area (Å²) < 4.78 is 0. The molecule has 0 saturated heterocycles. The van der Waals surface area contributed by atoms with Gasteiger partial charge in [-0.05, 0) is 29.2 Å². The number of nitrogens with zero attached hydrogens (tertiary/aromatic N) is 2. The van der Waals surface area contributed by atoms with Crippen molar-refractivity contribution in [3.63, 3.8) is 0 Å². The van der Waals surface area contributed by atoms with Crippen LogP contribution in [0.5, 0.6) is 0 Å². The van der Waals surface area contributed by atoms with Crippen molar-refractivity contribution in [2.75, 3.05) is 0 Å². The Labute approximate surface area is 147 Å². The first-order valence-corrected chi connectivity index (χ1v) is 8.00. The Bertz CT molecular complexity index is 965. The second kappa shape index (κ2) is 7.30. The zero-order chi connectivity index (χ0) is 17.6. The molecule has 2 heteroatoms. The molecule has 0 fully saturated rings. The molecule has 0 unspecified atom stereocenters. The van der Waals surface area contributed by atoms with E-state index < -0.39 is 0 Å². The molecule has 2 nitrogen and oxygen atoms in total. The molecule has 0 atom stereocenters. The summed E-state index contributed by atoms with van der Waals surface area (Å²) in [6.45, 7) is 2.01. The number of aryl methyl sites for hydroxylation is 1. The van der Waals surface area contributed by atoms with Crippen LogP contribution in [-0.4, -0.2) is 0 Å². The highest BCUT2D eigenvalue weighted by Crippen LogP contribution is 2.29. The number of nitriles is 2. The minimum atomic E-state index is 0.122. The van der Waals surface area contributed by atoms with Crippen LogP contribution in [0, 0.1) is 29.6 Å². The van der Waals surface area contributed by atoms with Crippen LogP contribution in [0.25, 0.3) is 16.7 Å². The molecule has 0 spiro atoms. The fourth-order valence-corrected chi connectivity index (χ4v) is 2.77. The van der Waals surface area contributed by atoms with E-state index in [0.29, 0.717) is 5.57 Å². The van der Waals surface area contributed by atoms with Crippen LogP contribution in [0.15, 0.2) is 84.4 Å². The molecule has 0 amide bonds. The molecule has 0 heterocycles.